The number of rotatable bonds is 7. The zero-order valence-corrected chi connectivity index (χ0v) is 19.7. The van der Waals surface area contributed by atoms with E-state index in [0.717, 1.165) is 5.56 Å². The van der Waals surface area contributed by atoms with Crippen LogP contribution in [-0.2, 0) is 30.0 Å². The molecule has 0 bridgehead atoms. The van der Waals surface area contributed by atoms with Crippen LogP contribution < -0.4 is 21.1 Å². The number of aromatic nitrogens is 2. The first kappa shape index (κ1) is 23.6. The third kappa shape index (κ3) is 5.35. The SMILES string of the molecule is CCOC(=O)Cc1ccc(NC(=O)Nc2cc3c(cc2Oc2ccccc2)n(C)c(=O)n3C)cc1. The second-order valence-electron chi connectivity index (χ2n) is 7.91. The summed E-state index contributed by atoms with van der Waals surface area (Å²) in [5, 5.41) is 5.59. The number of ether oxygens (including phenoxy) is 2. The van der Waals surface area contributed by atoms with Gasteiger partial charge in [-0.1, -0.05) is 30.3 Å². The average molecular weight is 475 g/mol. The zero-order valence-electron chi connectivity index (χ0n) is 19.7. The van der Waals surface area contributed by atoms with Gasteiger partial charge in [0.2, 0.25) is 0 Å². The number of benzene rings is 3. The van der Waals surface area contributed by atoms with Crippen LogP contribution in [0.3, 0.4) is 0 Å². The van der Waals surface area contributed by atoms with Gasteiger partial charge in [-0.05, 0) is 42.8 Å². The van der Waals surface area contributed by atoms with Crippen molar-refractivity contribution in [1.82, 2.24) is 9.13 Å². The minimum Gasteiger partial charge on any atom is -0.466 e. The van der Waals surface area contributed by atoms with Gasteiger partial charge in [0.25, 0.3) is 0 Å². The summed E-state index contributed by atoms with van der Waals surface area (Å²) in [6.45, 7) is 2.09. The van der Waals surface area contributed by atoms with Gasteiger partial charge in [-0.3, -0.25) is 13.9 Å². The quantitative estimate of drug-likeness (QED) is 0.386. The number of anilines is 2. The van der Waals surface area contributed by atoms with E-state index in [-0.39, 0.29) is 18.1 Å². The Bertz CT molecular complexity index is 1420. The van der Waals surface area contributed by atoms with E-state index >= 15 is 0 Å². The number of amides is 2. The van der Waals surface area contributed by atoms with Gasteiger partial charge in [-0.2, -0.15) is 0 Å². The Morgan fingerprint density at radius 2 is 1.54 bits per heavy atom. The second-order valence-corrected chi connectivity index (χ2v) is 7.91. The van der Waals surface area contributed by atoms with Crippen LogP contribution in [0.15, 0.2) is 71.5 Å². The molecular formula is C26H26N4O5. The number of carbonyl (C=O) groups excluding carboxylic acids is 2. The molecule has 0 spiro atoms. The molecule has 4 aromatic rings. The Morgan fingerprint density at radius 1 is 0.886 bits per heavy atom. The molecule has 0 fully saturated rings. The van der Waals surface area contributed by atoms with Gasteiger partial charge < -0.3 is 20.1 Å². The molecule has 1 heterocycles. The Morgan fingerprint density at radius 3 is 2.20 bits per heavy atom. The first-order valence-corrected chi connectivity index (χ1v) is 11.1. The Labute approximate surface area is 201 Å². The Hall–Kier alpha value is -4.53. The average Bonchev–Trinajstić information content (AvgIpc) is 3.04. The number of imidazole rings is 1. The topological polar surface area (TPSA) is 104 Å². The predicted molar refractivity (Wildman–Crippen MR) is 134 cm³/mol. The molecule has 0 unspecified atom stereocenters. The lowest BCUT2D eigenvalue weighted by molar-refractivity contribution is -0.142. The molecule has 0 saturated carbocycles. The number of nitrogens with zero attached hydrogens (tertiary/aromatic N) is 2. The molecule has 35 heavy (non-hydrogen) atoms. The summed E-state index contributed by atoms with van der Waals surface area (Å²) in [7, 11) is 3.35. The molecule has 0 saturated heterocycles. The standard InChI is InChI=1S/C26H26N4O5/c1-4-34-24(31)14-17-10-12-18(13-11-17)27-25(32)28-20-15-21-22(30(3)26(33)29(21)2)16-23(20)35-19-8-6-5-7-9-19/h5-13,15-16H,4,14H2,1-3H3,(H2,27,28,32). The van der Waals surface area contributed by atoms with E-state index in [1.54, 1.807) is 69.6 Å². The Balaban J connectivity index is 1.57. The van der Waals surface area contributed by atoms with Crippen LogP contribution in [0.1, 0.15) is 12.5 Å². The summed E-state index contributed by atoms with van der Waals surface area (Å²) >= 11 is 0. The van der Waals surface area contributed by atoms with Gasteiger partial charge in [0.15, 0.2) is 5.75 Å². The molecule has 0 radical (unpaired) electrons. The molecule has 2 amide bonds. The minimum absolute atomic E-state index is 0.163. The highest BCUT2D eigenvalue weighted by molar-refractivity contribution is 6.02. The lowest BCUT2D eigenvalue weighted by Crippen LogP contribution is -2.20. The largest absolute Gasteiger partial charge is 0.466 e. The molecule has 9 heteroatoms. The van der Waals surface area contributed by atoms with Gasteiger partial charge in [-0.15, -0.1) is 0 Å². The van der Waals surface area contributed by atoms with E-state index < -0.39 is 6.03 Å². The normalized spacial score (nSPS) is 10.7. The lowest BCUT2D eigenvalue weighted by Gasteiger charge is -2.14. The zero-order chi connectivity index (χ0) is 24.9. The maximum Gasteiger partial charge on any atom is 0.328 e. The van der Waals surface area contributed by atoms with Crippen molar-refractivity contribution in [3.63, 3.8) is 0 Å². The number of hydrogen-bond donors (Lipinski definition) is 2. The molecule has 4 rings (SSSR count). The first-order chi connectivity index (χ1) is 16.9. The summed E-state index contributed by atoms with van der Waals surface area (Å²) in [5.41, 5.74) is 2.87. The summed E-state index contributed by atoms with van der Waals surface area (Å²) in [6.07, 6.45) is 0.163. The van der Waals surface area contributed by atoms with Crippen molar-refractivity contribution in [2.24, 2.45) is 14.1 Å². The highest BCUT2D eigenvalue weighted by Gasteiger charge is 2.16. The van der Waals surface area contributed by atoms with E-state index in [9.17, 15) is 14.4 Å². The van der Waals surface area contributed by atoms with Crippen LogP contribution in [-0.4, -0.2) is 27.7 Å². The van der Waals surface area contributed by atoms with E-state index in [2.05, 4.69) is 10.6 Å². The van der Waals surface area contributed by atoms with Crippen LogP contribution in [0.2, 0.25) is 0 Å². The van der Waals surface area contributed by atoms with Crippen LogP contribution in [0, 0.1) is 0 Å². The van der Waals surface area contributed by atoms with Crippen LogP contribution >= 0.6 is 0 Å². The molecular weight excluding hydrogens is 448 g/mol. The fourth-order valence-electron chi connectivity index (χ4n) is 3.69. The van der Waals surface area contributed by atoms with E-state index in [1.165, 1.54) is 9.13 Å². The maximum absolute atomic E-state index is 12.8. The van der Waals surface area contributed by atoms with Crippen molar-refractivity contribution in [1.29, 1.82) is 0 Å². The molecule has 0 atom stereocenters. The number of fused-ring (bicyclic) bond motifs is 1. The summed E-state index contributed by atoms with van der Waals surface area (Å²) in [6, 6.07) is 19.0. The van der Waals surface area contributed by atoms with Gasteiger partial charge in [0.05, 0.1) is 29.7 Å². The number of urea groups is 1. The number of carbonyl (C=O) groups is 2. The highest BCUT2D eigenvalue weighted by atomic mass is 16.5. The van der Waals surface area contributed by atoms with Crippen molar-refractivity contribution in [3.8, 4) is 11.5 Å². The monoisotopic (exact) mass is 474 g/mol. The van der Waals surface area contributed by atoms with Crippen molar-refractivity contribution < 1.29 is 19.1 Å². The Kier molecular flexibility index (Phi) is 6.86. The molecule has 0 aliphatic rings. The van der Waals surface area contributed by atoms with Crippen LogP contribution in [0.4, 0.5) is 16.2 Å². The lowest BCUT2D eigenvalue weighted by atomic mass is 10.1. The molecule has 0 aliphatic carbocycles. The molecule has 0 aliphatic heterocycles. The van der Waals surface area contributed by atoms with E-state index in [0.29, 0.717) is 40.5 Å². The number of hydrogen-bond acceptors (Lipinski definition) is 5. The van der Waals surface area contributed by atoms with Gasteiger partial charge in [-0.25, -0.2) is 9.59 Å². The predicted octanol–water partition coefficient (Wildman–Crippen LogP) is 4.42. The van der Waals surface area contributed by atoms with Crippen molar-refractivity contribution in [2.45, 2.75) is 13.3 Å². The fraction of sp³-hybridized carbons (Fsp3) is 0.192. The van der Waals surface area contributed by atoms with Gasteiger partial charge >= 0.3 is 17.7 Å². The van der Waals surface area contributed by atoms with Gasteiger partial charge in [0, 0.05) is 25.8 Å². The van der Waals surface area contributed by atoms with E-state index in [1.807, 2.05) is 18.2 Å². The van der Waals surface area contributed by atoms with Crippen LogP contribution in [0.25, 0.3) is 11.0 Å². The number of para-hydroxylation sites is 1. The number of nitrogens with one attached hydrogen (secondary N) is 2. The third-order valence-corrected chi connectivity index (χ3v) is 5.46. The highest BCUT2D eigenvalue weighted by Crippen LogP contribution is 2.33. The van der Waals surface area contributed by atoms with Crippen molar-refractivity contribution in [3.05, 3.63) is 82.8 Å². The smallest absolute Gasteiger partial charge is 0.328 e. The molecule has 1 aromatic heterocycles. The van der Waals surface area contributed by atoms with Crippen LogP contribution in [0.5, 0.6) is 11.5 Å². The summed E-state index contributed by atoms with van der Waals surface area (Å²) in [4.78, 5) is 36.9. The maximum atomic E-state index is 12.8. The van der Waals surface area contributed by atoms with Crippen molar-refractivity contribution >= 4 is 34.4 Å². The fourth-order valence-corrected chi connectivity index (χ4v) is 3.69. The third-order valence-electron chi connectivity index (χ3n) is 5.46. The van der Waals surface area contributed by atoms with Gasteiger partial charge in [0.1, 0.15) is 5.75 Å². The molecule has 9 nitrogen and oxygen atoms in total. The second kappa shape index (κ2) is 10.2. The summed E-state index contributed by atoms with van der Waals surface area (Å²) < 4.78 is 14.0. The molecule has 180 valence electrons. The minimum atomic E-state index is -0.485. The molecule has 3 aromatic carbocycles. The summed E-state index contributed by atoms with van der Waals surface area (Å²) in [5.74, 6) is 0.681. The first-order valence-electron chi connectivity index (χ1n) is 11.1. The number of aryl methyl sites for hydroxylation is 2. The molecule has 2 N–H and O–H groups in total. The van der Waals surface area contributed by atoms with Crippen molar-refractivity contribution in [2.75, 3.05) is 17.2 Å². The number of esters is 1. The van der Waals surface area contributed by atoms with E-state index in [4.69, 9.17) is 9.47 Å².